The predicted octanol–water partition coefficient (Wildman–Crippen LogP) is 3.67. The normalized spacial score (nSPS) is 14.0. The maximum Gasteiger partial charge on any atom is 0.257 e. The van der Waals surface area contributed by atoms with E-state index in [9.17, 15) is 26.7 Å². The minimum atomic E-state index is -2.29. The smallest absolute Gasteiger partial charge is 0.257 e. The summed E-state index contributed by atoms with van der Waals surface area (Å²) in [5.41, 5.74) is -1.48. The maximum atomic E-state index is 13.4. The van der Waals surface area contributed by atoms with Crippen molar-refractivity contribution >= 4 is 21.8 Å². The highest BCUT2D eigenvalue weighted by molar-refractivity contribution is 9.09. The van der Waals surface area contributed by atoms with Crippen LogP contribution in [0.1, 0.15) is 30.6 Å². The number of alkyl halides is 1. The van der Waals surface area contributed by atoms with Crippen molar-refractivity contribution in [3.63, 3.8) is 0 Å². The first kappa shape index (κ1) is 16.9. The van der Waals surface area contributed by atoms with Gasteiger partial charge < -0.3 is 5.32 Å². The fourth-order valence-electron chi connectivity index (χ4n) is 1.65. The van der Waals surface area contributed by atoms with Crippen molar-refractivity contribution in [3.05, 3.63) is 34.6 Å². The van der Waals surface area contributed by atoms with Crippen molar-refractivity contribution in [2.45, 2.75) is 31.1 Å². The van der Waals surface area contributed by atoms with Crippen molar-refractivity contribution in [1.82, 2.24) is 5.32 Å². The molecule has 0 aromatic heterocycles. The molecule has 1 N–H and O–H groups in total. The number of hydrogen-bond donors (Lipinski definition) is 1. The van der Waals surface area contributed by atoms with E-state index in [0.717, 1.165) is 0 Å². The molecule has 2 unspecified atom stereocenters. The molecule has 0 aliphatic carbocycles. The zero-order valence-electron chi connectivity index (χ0n) is 10.5. The monoisotopic (exact) mass is 359 g/mol. The van der Waals surface area contributed by atoms with E-state index in [-0.39, 0.29) is 4.83 Å². The van der Waals surface area contributed by atoms with Crippen LogP contribution in [-0.4, -0.2) is 16.8 Å². The lowest BCUT2D eigenvalue weighted by molar-refractivity contribution is 0.0927. The maximum absolute atomic E-state index is 13.4. The van der Waals surface area contributed by atoms with Gasteiger partial charge in [-0.25, -0.2) is 22.0 Å². The van der Waals surface area contributed by atoms with Gasteiger partial charge in [-0.05, 0) is 13.3 Å². The number of carbonyl (C=O) groups is 1. The summed E-state index contributed by atoms with van der Waals surface area (Å²) in [5.74, 6) is -12.2. The fourth-order valence-corrected chi connectivity index (χ4v) is 2.21. The van der Waals surface area contributed by atoms with Crippen LogP contribution in [0.2, 0.25) is 0 Å². The van der Waals surface area contributed by atoms with Crippen LogP contribution in [-0.2, 0) is 0 Å². The van der Waals surface area contributed by atoms with Crippen LogP contribution in [0.25, 0.3) is 0 Å². The minimum Gasteiger partial charge on any atom is -0.349 e. The van der Waals surface area contributed by atoms with Gasteiger partial charge in [0, 0.05) is 10.9 Å². The molecule has 20 heavy (non-hydrogen) atoms. The average Bonchev–Trinajstić information content (AvgIpc) is 2.33. The van der Waals surface area contributed by atoms with Gasteiger partial charge in [0.2, 0.25) is 5.82 Å². The van der Waals surface area contributed by atoms with Crippen molar-refractivity contribution in [3.8, 4) is 0 Å². The summed E-state index contributed by atoms with van der Waals surface area (Å²) in [6.07, 6.45) is 0.418. The Morgan fingerprint density at radius 2 is 1.40 bits per heavy atom. The Balaban J connectivity index is 3.11. The number of benzene rings is 1. The average molecular weight is 360 g/mol. The fraction of sp³-hybridized carbons (Fsp3) is 0.417. The molecular formula is C12H11BrF5NO. The lowest BCUT2D eigenvalue weighted by Crippen LogP contribution is -2.35. The highest BCUT2D eigenvalue weighted by Gasteiger charge is 2.30. The Kier molecular flexibility index (Phi) is 5.50. The Bertz CT molecular complexity index is 506. The summed E-state index contributed by atoms with van der Waals surface area (Å²) in [7, 11) is 0. The van der Waals surface area contributed by atoms with Gasteiger partial charge in [0.25, 0.3) is 5.91 Å². The van der Waals surface area contributed by atoms with Gasteiger partial charge in [0.05, 0.1) is 0 Å². The van der Waals surface area contributed by atoms with Gasteiger partial charge >= 0.3 is 0 Å². The second-order valence-electron chi connectivity index (χ2n) is 4.34. The van der Waals surface area contributed by atoms with E-state index in [4.69, 9.17) is 0 Å². The molecule has 0 saturated carbocycles. The molecule has 0 bridgehead atoms. The Labute approximate surface area is 120 Å². The molecule has 1 aromatic carbocycles. The number of amides is 1. The molecule has 0 spiro atoms. The third-order valence-electron chi connectivity index (χ3n) is 2.49. The molecule has 1 amide bonds. The first-order valence-corrected chi connectivity index (χ1v) is 6.54. The van der Waals surface area contributed by atoms with Crippen LogP contribution in [0.3, 0.4) is 0 Å². The van der Waals surface area contributed by atoms with Crippen LogP contribution in [0.4, 0.5) is 22.0 Å². The van der Waals surface area contributed by atoms with Crippen LogP contribution in [0.15, 0.2) is 0 Å². The van der Waals surface area contributed by atoms with Crippen LogP contribution in [0, 0.1) is 29.1 Å². The first-order chi connectivity index (χ1) is 9.16. The van der Waals surface area contributed by atoms with E-state index >= 15 is 0 Å². The summed E-state index contributed by atoms with van der Waals surface area (Å²) in [4.78, 5) is 11.6. The van der Waals surface area contributed by atoms with E-state index in [1.165, 1.54) is 0 Å². The quantitative estimate of drug-likeness (QED) is 0.378. The zero-order valence-corrected chi connectivity index (χ0v) is 12.1. The molecule has 0 fully saturated rings. The molecule has 8 heteroatoms. The molecular weight excluding hydrogens is 349 g/mol. The molecule has 0 radical (unpaired) electrons. The van der Waals surface area contributed by atoms with Crippen molar-refractivity contribution < 1.29 is 26.7 Å². The number of nitrogens with one attached hydrogen (secondary N) is 1. The van der Waals surface area contributed by atoms with Gasteiger partial charge in [-0.3, -0.25) is 4.79 Å². The Morgan fingerprint density at radius 3 is 1.80 bits per heavy atom. The number of hydrogen-bond acceptors (Lipinski definition) is 1. The highest BCUT2D eigenvalue weighted by Crippen LogP contribution is 2.23. The molecule has 0 heterocycles. The van der Waals surface area contributed by atoms with E-state index in [1.807, 2.05) is 0 Å². The third-order valence-corrected chi connectivity index (χ3v) is 2.87. The molecule has 2 nitrogen and oxygen atoms in total. The molecule has 1 aromatic rings. The summed E-state index contributed by atoms with van der Waals surface area (Å²) in [5, 5.41) is 2.18. The van der Waals surface area contributed by atoms with Crippen LogP contribution < -0.4 is 5.32 Å². The van der Waals surface area contributed by atoms with Gasteiger partial charge in [-0.1, -0.05) is 22.9 Å². The van der Waals surface area contributed by atoms with Crippen molar-refractivity contribution in [2.75, 3.05) is 0 Å². The van der Waals surface area contributed by atoms with Gasteiger partial charge in [0.1, 0.15) is 5.56 Å². The van der Waals surface area contributed by atoms with Gasteiger partial charge in [0.15, 0.2) is 23.3 Å². The number of carbonyl (C=O) groups excluding carboxylic acids is 1. The topological polar surface area (TPSA) is 29.1 Å². The van der Waals surface area contributed by atoms with E-state index in [1.54, 1.807) is 13.8 Å². The largest absolute Gasteiger partial charge is 0.349 e. The van der Waals surface area contributed by atoms with Gasteiger partial charge in [-0.15, -0.1) is 0 Å². The van der Waals surface area contributed by atoms with Crippen LogP contribution in [0.5, 0.6) is 0 Å². The molecule has 2 atom stereocenters. The lowest BCUT2D eigenvalue weighted by atomic mass is 10.1. The summed E-state index contributed by atoms with van der Waals surface area (Å²) >= 11 is 3.21. The van der Waals surface area contributed by atoms with Crippen molar-refractivity contribution in [2.24, 2.45) is 0 Å². The summed E-state index contributed by atoms with van der Waals surface area (Å²) in [6.45, 7) is 3.32. The molecule has 0 aliphatic rings. The molecule has 0 aliphatic heterocycles. The highest BCUT2D eigenvalue weighted by atomic mass is 79.9. The Hall–Kier alpha value is -1.18. The SMILES string of the molecule is CC(Br)CC(C)NC(=O)c1c(F)c(F)c(F)c(F)c1F. The predicted molar refractivity (Wildman–Crippen MR) is 66.2 cm³/mol. The number of halogens is 6. The van der Waals surface area contributed by atoms with Crippen LogP contribution >= 0.6 is 15.9 Å². The standard InChI is InChI=1S/C12H11BrF5NO/c1-4(13)3-5(2)19-12(20)6-7(14)9(16)11(18)10(17)8(6)15/h4-5H,3H2,1-2H3,(H,19,20). The van der Waals surface area contributed by atoms with E-state index in [0.29, 0.717) is 6.42 Å². The van der Waals surface area contributed by atoms with Gasteiger partial charge in [-0.2, -0.15) is 0 Å². The van der Waals surface area contributed by atoms with E-state index < -0.39 is 46.6 Å². The third kappa shape index (κ3) is 3.47. The first-order valence-electron chi connectivity index (χ1n) is 5.63. The lowest BCUT2D eigenvalue weighted by Gasteiger charge is -2.16. The minimum absolute atomic E-state index is 0.00850. The summed E-state index contributed by atoms with van der Waals surface area (Å²) in [6, 6.07) is -0.508. The second kappa shape index (κ2) is 6.51. The molecule has 1 rings (SSSR count). The summed E-state index contributed by atoms with van der Waals surface area (Å²) < 4.78 is 65.5. The Morgan fingerprint density at radius 1 is 1.00 bits per heavy atom. The van der Waals surface area contributed by atoms with Crippen molar-refractivity contribution in [1.29, 1.82) is 0 Å². The molecule has 112 valence electrons. The second-order valence-corrected chi connectivity index (χ2v) is 5.90. The molecule has 0 saturated heterocycles. The zero-order chi connectivity index (χ0) is 15.6. The number of rotatable bonds is 4. The van der Waals surface area contributed by atoms with E-state index in [2.05, 4.69) is 21.2 Å².